The van der Waals surface area contributed by atoms with E-state index in [9.17, 15) is 0 Å². The molecular weight excluding hydrogens is 232 g/mol. The van der Waals surface area contributed by atoms with Crippen LogP contribution in [0.25, 0.3) is 0 Å². The van der Waals surface area contributed by atoms with Gasteiger partial charge in [0, 0.05) is 32.7 Å². The molecule has 106 valence electrons. The van der Waals surface area contributed by atoms with Crippen LogP contribution in [0.15, 0.2) is 18.2 Å². The highest BCUT2D eigenvalue weighted by Gasteiger charge is 2.16. The second-order valence-electron chi connectivity index (χ2n) is 6.05. The summed E-state index contributed by atoms with van der Waals surface area (Å²) in [5.41, 5.74) is 4.40. The zero-order valence-electron chi connectivity index (χ0n) is 12.9. The molecule has 1 aromatic rings. The van der Waals surface area contributed by atoms with E-state index in [1.165, 1.54) is 49.4 Å². The molecule has 0 atom stereocenters. The van der Waals surface area contributed by atoms with Crippen molar-refractivity contribution in [3.05, 3.63) is 34.9 Å². The zero-order valence-corrected chi connectivity index (χ0v) is 12.9. The van der Waals surface area contributed by atoms with Gasteiger partial charge < -0.3 is 4.90 Å². The van der Waals surface area contributed by atoms with Crippen LogP contribution in [-0.4, -0.2) is 42.5 Å². The van der Waals surface area contributed by atoms with Crippen molar-refractivity contribution in [2.45, 2.75) is 40.2 Å². The van der Waals surface area contributed by atoms with Gasteiger partial charge in [-0.3, -0.25) is 4.90 Å². The average Bonchev–Trinajstić information content (AvgIpc) is 2.41. The van der Waals surface area contributed by atoms with Crippen LogP contribution in [0.5, 0.6) is 0 Å². The Hall–Kier alpha value is -0.860. The molecule has 0 N–H and O–H groups in total. The van der Waals surface area contributed by atoms with Crippen molar-refractivity contribution in [1.82, 2.24) is 9.80 Å². The number of hydrogen-bond acceptors (Lipinski definition) is 2. The van der Waals surface area contributed by atoms with Gasteiger partial charge in [-0.15, -0.1) is 0 Å². The molecule has 1 aliphatic heterocycles. The fourth-order valence-corrected chi connectivity index (χ4v) is 2.76. The van der Waals surface area contributed by atoms with Crippen LogP contribution in [0.2, 0.25) is 0 Å². The van der Waals surface area contributed by atoms with E-state index in [-0.39, 0.29) is 0 Å². The van der Waals surface area contributed by atoms with Crippen LogP contribution in [-0.2, 0) is 6.54 Å². The van der Waals surface area contributed by atoms with E-state index >= 15 is 0 Å². The number of hydrogen-bond donors (Lipinski definition) is 0. The molecule has 1 heterocycles. The zero-order chi connectivity index (χ0) is 13.8. The molecule has 0 radical (unpaired) electrons. The molecule has 1 aliphatic rings. The Morgan fingerprint density at radius 1 is 1.05 bits per heavy atom. The molecule has 0 bridgehead atoms. The van der Waals surface area contributed by atoms with Gasteiger partial charge in [0.1, 0.15) is 0 Å². The summed E-state index contributed by atoms with van der Waals surface area (Å²) in [4.78, 5) is 5.12. The maximum absolute atomic E-state index is 2.59. The number of likely N-dealkylation sites (N-methyl/N-ethyl adjacent to an activating group) is 1. The third-order valence-corrected chi connectivity index (χ3v) is 4.34. The molecule has 0 aliphatic carbocycles. The first kappa shape index (κ1) is 14.5. The van der Waals surface area contributed by atoms with E-state index in [1.807, 2.05) is 0 Å². The lowest BCUT2D eigenvalue weighted by Gasteiger charge is -2.34. The number of benzene rings is 1. The van der Waals surface area contributed by atoms with Crippen LogP contribution in [0.3, 0.4) is 0 Å². The first-order valence-corrected chi connectivity index (χ1v) is 7.64. The number of nitrogens with zero attached hydrogens (tertiary/aromatic N) is 2. The van der Waals surface area contributed by atoms with Gasteiger partial charge in [-0.25, -0.2) is 0 Å². The lowest BCUT2D eigenvalue weighted by molar-refractivity contribution is 0.132. The van der Waals surface area contributed by atoms with Crippen molar-refractivity contribution in [2.75, 3.05) is 32.7 Å². The van der Waals surface area contributed by atoms with Crippen molar-refractivity contribution in [3.8, 4) is 0 Å². The normalized spacial score (nSPS) is 18.2. The molecule has 0 amide bonds. The quantitative estimate of drug-likeness (QED) is 0.820. The molecule has 1 fully saturated rings. The topological polar surface area (TPSA) is 6.48 Å². The van der Waals surface area contributed by atoms with Gasteiger partial charge in [0.25, 0.3) is 0 Å². The third kappa shape index (κ3) is 3.80. The molecule has 2 heteroatoms. The SMILES string of the molecule is CCN1CCN(Cc2ccc(C(C)C)cc2C)CC1. The van der Waals surface area contributed by atoms with Crippen molar-refractivity contribution in [3.63, 3.8) is 0 Å². The van der Waals surface area contributed by atoms with Gasteiger partial charge in [-0.05, 0) is 36.1 Å². The first-order valence-electron chi connectivity index (χ1n) is 7.64. The van der Waals surface area contributed by atoms with Crippen LogP contribution in [0.4, 0.5) is 0 Å². The first-order chi connectivity index (χ1) is 9.10. The molecule has 1 aromatic carbocycles. The molecule has 0 aromatic heterocycles. The summed E-state index contributed by atoms with van der Waals surface area (Å²) in [5.74, 6) is 0.626. The van der Waals surface area contributed by atoms with Crippen LogP contribution < -0.4 is 0 Å². The van der Waals surface area contributed by atoms with Gasteiger partial charge >= 0.3 is 0 Å². The minimum atomic E-state index is 0.626. The summed E-state index contributed by atoms with van der Waals surface area (Å²) in [7, 11) is 0. The smallest absolute Gasteiger partial charge is 0.0237 e. The Bertz CT molecular complexity index is 404. The summed E-state index contributed by atoms with van der Waals surface area (Å²) in [5, 5.41) is 0. The van der Waals surface area contributed by atoms with Crippen molar-refractivity contribution in [2.24, 2.45) is 0 Å². The summed E-state index contributed by atoms with van der Waals surface area (Å²) < 4.78 is 0. The van der Waals surface area contributed by atoms with Crippen molar-refractivity contribution < 1.29 is 0 Å². The standard InChI is InChI=1S/C17H28N2/c1-5-18-8-10-19(11-9-18)13-17-7-6-16(14(2)3)12-15(17)4/h6-7,12,14H,5,8-11,13H2,1-4H3. The van der Waals surface area contributed by atoms with E-state index < -0.39 is 0 Å². The summed E-state index contributed by atoms with van der Waals surface area (Å²) in [6.45, 7) is 16.2. The Morgan fingerprint density at radius 2 is 1.68 bits per heavy atom. The lowest BCUT2D eigenvalue weighted by Crippen LogP contribution is -2.45. The van der Waals surface area contributed by atoms with Crippen molar-refractivity contribution in [1.29, 1.82) is 0 Å². The van der Waals surface area contributed by atoms with E-state index in [1.54, 1.807) is 0 Å². The molecular formula is C17H28N2. The van der Waals surface area contributed by atoms with E-state index in [0.29, 0.717) is 5.92 Å². The fourth-order valence-electron chi connectivity index (χ4n) is 2.76. The molecule has 0 spiro atoms. The minimum Gasteiger partial charge on any atom is -0.301 e. The Balaban J connectivity index is 1.96. The number of aryl methyl sites for hydroxylation is 1. The molecule has 19 heavy (non-hydrogen) atoms. The highest BCUT2D eigenvalue weighted by molar-refractivity contribution is 5.32. The van der Waals surface area contributed by atoms with Crippen LogP contribution in [0.1, 0.15) is 43.4 Å². The predicted octanol–water partition coefficient (Wildman–Crippen LogP) is 3.26. The molecule has 0 saturated carbocycles. The Kier molecular flexibility index (Phi) is 5.00. The predicted molar refractivity (Wildman–Crippen MR) is 82.7 cm³/mol. The Labute approximate surface area is 118 Å². The van der Waals surface area contributed by atoms with Crippen LogP contribution >= 0.6 is 0 Å². The highest BCUT2D eigenvalue weighted by atomic mass is 15.3. The van der Waals surface area contributed by atoms with Gasteiger partial charge in [0.15, 0.2) is 0 Å². The van der Waals surface area contributed by atoms with Gasteiger partial charge in [0.05, 0.1) is 0 Å². The second kappa shape index (κ2) is 6.53. The summed E-state index contributed by atoms with van der Waals surface area (Å²) in [6, 6.07) is 6.99. The lowest BCUT2D eigenvalue weighted by atomic mass is 9.97. The number of rotatable bonds is 4. The van der Waals surface area contributed by atoms with Crippen LogP contribution in [0, 0.1) is 6.92 Å². The maximum atomic E-state index is 2.59. The maximum Gasteiger partial charge on any atom is 0.0237 e. The summed E-state index contributed by atoms with van der Waals surface area (Å²) >= 11 is 0. The van der Waals surface area contributed by atoms with Gasteiger partial charge in [-0.1, -0.05) is 39.0 Å². The molecule has 1 saturated heterocycles. The monoisotopic (exact) mass is 260 g/mol. The molecule has 2 nitrogen and oxygen atoms in total. The van der Waals surface area contributed by atoms with E-state index in [2.05, 4.69) is 55.7 Å². The molecule has 0 unspecified atom stereocenters. The fraction of sp³-hybridized carbons (Fsp3) is 0.647. The highest BCUT2D eigenvalue weighted by Crippen LogP contribution is 2.20. The number of piperazine rings is 1. The molecule has 2 rings (SSSR count). The van der Waals surface area contributed by atoms with E-state index in [0.717, 1.165) is 6.54 Å². The third-order valence-electron chi connectivity index (χ3n) is 4.34. The average molecular weight is 260 g/mol. The Morgan fingerprint density at radius 3 is 2.21 bits per heavy atom. The summed E-state index contributed by atoms with van der Waals surface area (Å²) in [6.07, 6.45) is 0. The van der Waals surface area contributed by atoms with Crippen molar-refractivity contribution >= 4 is 0 Å². The largest absolute Gasteiger partial charge is 0.301 e. The van der Waals surface area contributed by atoms with Gasteiger partial charge in [-0.2, -0.15) is 0 Å². The van der Waals surface area contributed by atoms with Gasteiger partial charge in [0.2, 0.25) is 0 Å². The van der Waals surface area contributed by atoms with E-state index in [4.69, 9.17) is 0 Å². The minimum absolute atomic E-state index is 0.626. The second-order valence-corrected chi connectivity index (χ2v) is 6.05.